The molecule has 0 saturated heterocycles. The molecule has 0 aliphatic carbocycles. The Morgan fingerprint density at radius 2 is 1.96 bits per heavy atom. The Hall–Kier alpha value is -2.14. The summed E-state index contributed by atoms with van der Waals surface area (Å²) >= 11 is 0. The van der Waals surface area contributed by atoms with Crippen molar-refractivity contribution < 1.29 is 14.3 Å². The van der Waals surface area contributed by atoms with Crippen molar-refractivity contribution in [2.75, 3.05) is 6.54 Å². The van der Waals surface area contributed by atoms with Gasteiger partial charge in [0.25, 0.3) is 5.91 Å². The minimum atomic E-state index is -0.664. The van der Waals surface area contributed by atoms with Gasteiger partial charge in [0.2, 0.25) is 0 Å². The van der Waals surface area contributed by atoms with E-state index in [-0.39, 0.29) is 18.0 Å². The first kappa shape index (κ1) is 17.2. The lowest BCUT2D eigenvalue weighted by Crippen LogP contribution is -2.44. The van der Waals surface area contributed by atoms with Gasteiger partial charge in [-0.2, -0.15) is 0 Å². The van der Waals surface area contributed by atoms with E-state index < -0.39 is 23.1 Å². The van der Waals surface area contributed by atoms with Crippen molar-refractivity contribution in [1.29, 1.82) is 0 Å². The second-order valence-corrected chi connectivity index (χ2v) is 6.85. The van der Waals surface area contributed by atoms with Gasteiger partial charge in [0.15, 0.2) is 0 Å². The number of aliphatic hydroxyl groups is 1. The van der Waals surface area contributed by atoms with Gasteiger partial charge >= 0.3 is 5.63 Å². The summed E-state index contributed by atoms with van der Waals surface area (Å²) in [7, 11) is 0. The van der Waals surface area contributed by atoms with Crippen LogP contribution in [0.15, 0.2) is 39.5 Å². The van der Waals surface area contributed by atoms with E-state index in [4.69, 9.17) is 4.42 Å². The number of hydrogen-bond acceptors (Lipinski definition) is 4. The quantitative estimate of drug-likeness (QED) is 0.831. The first-order valence-electron chi connectivity index (χ1n) is 7.71. The molecular formula is C18H23NO4. The highest BCUT2D eigenvalue weighted by atomic mass is 16.4. The highest BCUT2D eigenvalue weighted by molar-refractivity contribution is 5.96. The van der Waals surface area contributed by atoms with Crippen molar-refractivity contribution in [1.82, 2.24) is 5.32 Å². The van der Waals surface area contributed by atoms with Gasteiger partial charge in [-0.3, -0.25) is 4.79 Å². The summed E-state index contributed by atoms with van der Waals surface area (Å²) in [4.78, 5) is 24.3. The van der Waals surface area contributed by atoms with Crippen molar-refractivity contribution in [2.24, 2.45) is 11.3 Å². The summed E-state index contributed by atoms with van der Waals surface area (Å²) in [6.45, 7) is 7.86. The molecule has 124 valence electrons. The number of rotatable bonds is 5. The number of hydrogen-bond donors (Lipinski definition) is 2. The van der Waals surface area contributed by atoms with Crippen LogP contribution in [-0.4, -0.2) is 23.7 Å². The van der Waals surface area contributed by atoms with E-state index in [9.17, 15) is 14.7 Å². The van der Waals surface area contributed by atoms with E-state index in [1.807, 2.05) is 33.8 Å². The molecule has 0 saturated carbocycles. The first-order valence-corrected chi connectivity index (χ1v) is 7.71. The van der Waals surface area contributed by atoms with Crippen LogP contribution >= 0.6 is 0 Å². The molecule has 2 aromatic rings. The van der Waals surface area contributed by atoms with Gasteiger partial charge in [-0.05, 0) is 18.1 Å². The number of carbonyl (C=O) groups excluding carboxylic acids is 1. The summed E-state index contributed by atoms with van der Waals surface area (Å²) in [5.41, 5.74) is -0.743. The SMILES string of the molecule is CC(C)C(O)C(C)(C)CNC(=O)c1cc2ccccc2oc1=O. The minimum Gasteiger partial charge on any atom is -0.422 e. The molecule has 0 aliphatic rings. The van der Waals surface area contributed by atoms with Crippen LogP contribution in [0.2, 0.25) is 0 Å². The van der Waals surface area contributed by atoms with Crippen LogP contribution in [0, 0.1) is 11.3 Å². The van der Waals surface area contributed by atoms with E-state index in [0.717, 1.165) is 0 Å². The van der Waals surface area contributed by atoms with E-state index in [0.29, 0.717) is 11.0 Å². The van der Waals surface area contributed by atoms with Gasteiger partial charge in [-0.25, -0.2) is 4.79 Å². The van der Waals surface area contributed by atoms with Crippen LogP contribution in [0.1, 0.15) is 38.1 Å². The third kappa shape index (κ3) is 3.79. The molecule has 1 aromatic carbocycles. The normalized spacial score (nSPS) is 13.3. The largest absolute Gasteiger partial charge is 0.422 e. The van der Waals surface area contributed by atoms with Crippen LogP contribution in [-0.2, 0) is 0 Å². The van der Waals surface area contributed by atoms with Gasteiger partial charge in [-0.15, -0.1) is 0 Å². The molecule has 1 amide bonds. The lowest BCUT2D eigenvalue weighted by atomic mass is 9.80. The second kappa shape index (κ2) is 6.54. The topological polar surface area (TPSA) is 79.5 Å². The Kier molecular flexibility index (Phi) is 4.90. The predicted molar refractivity (Wildman–Crippen MR) is 89.4 cm³/mol. The zero-order valence-electron chi connectivity index (χ0n) is 13.9. The number of fused-ring (bicyclic) bond motifs is 1. The minimum absolute atomic E-state index is 0.0291. The summed E-state index contributed by atoms with van der Waals surface area (Å²) in [5.74, 6) is -0.416. The predicted octanol–water partition coefficient (Wildman–Crippen LogP) is 2.57. The summed E-state index contributed by atoms with van der Waals surface area (Å²) in [6, 6.07) is 8.57. The summed E-state index contributed by atoms with van der Waals surface area (Å²) < 4.78 is 5.17. The molecule has 0 spiro atoms. The molecule has 1 atom stereocenters. The molecule has 0 aliphatic heterocycles. The molecule has 0 radical (unpaired) electrons. The first-order chi connectivity index (χ1) is 10.7. The summed E-state index contributed by atoms with van der Waals surface area (Å²) in [5, 5.41) is 13.6. The van der Waals surface area contributed by atoms with E-state index in [1.54, 1.807) is 18.2 Å². The smallest absolute Gasteiger partial charge is 0.349 e. The lowest BCUT2D eigenvalue weighted by Gasteiger charge is -2.33. The molecule has 5 heteroatoms. The maximum absolute atomic E-state index is 12.3. The van der Waals surface area contributed by atoms with Crippen molar-refractivity contribution in [3.63, 3.8) is 0 Å². The monoisotopic (exact) mass is 317 g/mol. The van der Waals surface area contributed by atoms with E-state index in [1.165, 1.54) is 6.07 Å². The van der Waals surface area contributed by atoms with E-state index >= 15 is 0 Å². The fourth-order valence-corrected chi connectivity index (χ4v) is 2.63. The Balaban J connectivity index is 2.18. The van der Waals surface area contributed by atoms with Crippen LogP contribution < -0.4 is 10.9 Å². The standard InChI is InChI=1S/C18H23NO4/c1-11(2)15(20)18(3,4)10-19-16(21)13-9-12-7-5-6-8-14(12)23-17(13)22/h5-9,11,15,20H,10H2,1-4H3,(H,19,21). The Labute approximate surface area is 135 Å². The van der Waals surface area contributed by atoms with Crippen LogP contribution in [0.5, 0.6) is 0 Å². The average molecular weight is 317 g/mol. The number of carbonyl (C=O) groups is 1. The van der Waals surface area contributed by atoms with Gasteiger partial charge in [0.05, 0.1) is 6.10 Å². The highest BCUT2D eigenvalue weighted by Crippen LogP contribution is 2.25. The van der Waals surface area contributed by atoms with Crippen molar-refractivity contribution in [2.45, 2.75) is 33.8 Å². The van der Waals surface area contributed by atoms with Gasteiger partial charge < -0.3 is 14.8 Å². The molecule has 2 rings (SSSR count). The summed E-state index contributed by atoms with van der Waals surface area (Å²) in [6.07, 6.45) is -0.559. The number of amides is 1. The van der Waals surface area contributed by atoms with Crippen molar-refractivity contribution in [3.05, 3.63) is 46.3 Å². The number of aliphatic hydroxyl groups excluding tert-OH is 1. The molecule has 0 fully saturated rings. The molecule has 1 heterocycles. The molecule has 1 unspecified atom stereocenters. The van der Waals surface area contributed by atoms with Crippen LogP contribution in [0.25, 0.3) is 11.0 Å². The Bertz CT molecular complexity index is 761. The van der Waals surface area contributed by atoms with Crippen LogP contribution in [0.4, 0.5) is 0 Å². The molecule has 23 heavy (non-hydrogen) atoms. The van der Waals surface area contributed by atoms with Crippen molar-refractivity contribution >= 4 is 16.9 Å². The molecular weight excluding hydrogens is 294 g/mol. The van der Waals surface area contributed by atoms with E-state index in [2.05, 4.69) is 5.32 Å². The van der Waals surface area contributed by atoms with Gasteiger partial charge in [-0.1, -0.05) is 45.9 Å². The fraction of sp³-hybridized carbons (Fsp3) is 0.444. The second-order valence-electron chi connectivity index (χ2n) is 6.85. The molecule has 2 N–H and O–H groups in total. The Morgan fingerprint density at radius 3 is 2.61 bits per heavy atom. The maximum Gasteiger partial charge on any atom is 0.349 e. The number of benzene rings is 1. The molecule has 5 nitrogen and oxygen atoms in total. The number of nitrogens with one attached hydrogen (secondary N) is 1. The Morgan fingerprint density at radius 1 is 1.30 bits per heavy atom. The lowest BCUT2D eigenvalue weighted by molar-refractivity contribution is 0.0138. The van der Waals surface area contributed by atoms with Crippen molar-refractivity contribution in [3.8, 4) is 0 Å². The fourth-order valence-electron chi connectivity index (χ4n) is 2.63. The molecule has 1 aromatic heterocycles. The third-order valence-electron chi connectivity index (χ3n) is 4.02. The third-order valence-corrected chi connectivity index (χ3v) is 4.02. The van der Waals surface area contributed by atoms with Gasteiger partial charge in [0, 0.05) is 17.3 Å². The molecule has 0 bridgehead atoms. The average Bonchev–Trinajstić information content (AvgIpc) is 2.51. The maximum atomic E-state index is 12.3. The van der Waals surface area contributed by atoms with Crippen LogP contribution in [0.3, 0.4) is 0 Å². The zero-order chi connectivity index (χ0) is 17.2. The number of para-hydroxylation sites is 1. The highest BCUT2D eigenvalue weighted by Gasteiger charge is 2.31. The van der Waals surface area contributed by atoms with Gasteiger partial charge in [0.1, 0.15) is 11.1 Å². The zero-order valence-corrected chi connectivity index (χ0v) is 13.9.